The first-order valence-electron chi connectivity index (χ1n) is 10.5. The van der Waals surface area contributed by atoms with E-state index >= 15 is 0 Å². The van der Waals surface area contributed by atoms with Gasteiger partial charge in [0, 0.05) is 51.0 Å². The van der Waals surface area contributed by atoms with Gasteiger partial charge in [0.1, 0.15) is 5.76 Å². The molecule has 1 fully saturated rings. The fourth-order valence-electron chi connectivity index (χ4n) is 3.78. The Kier molecular flexibility index (Phi) is 6.44. The van der Waals surface area contributed by atoms with Crippen molar-refractivity contribution >= 4 is 5.97 Å². The molecule has 0 atom stereocenters. The third-order valence-corrected chi connectivity index (χ3v) is 5.78. The quantitative estimate of drug-likeness (QED) is 0.566. The fourth-order valence-corrected chi connectivity index (χ4v) is 3.78. The van der Waals surface area contributed by atoms with E-state index in [1.54, 1.807) is 12.1 Å². The van der Waals surface area contributed by atoms with E-state index in [1.807, 2.05) is 31.3 Å². The molecule has 2 aromatic heterocycles. The van der Waals surface area contributed by atoms with Crippen LogP contribution in [-0.2, 0) is 17.8 Å². The number of ether oxygens (including phenoxy) is 1. The van der Waals surface area contributed by atoms with Crippen molar-refractivity contribution in [1.82, 2.24) is 19.8 Å². The molecule has 0 aliphatic carbocycles. The minimum absolute atomic E-state index is 0.354. The Hall–Kier alpha value is -3.03. The summed E-state index contributed by atoms with van der Waals surface area (Å²) < 4.78 is 10.7. The third kappa shape index (κ3) is 5.00. The van der Waals surface area contributed by atoms with E-state index < -0.39 is 0 Å². The first-order valence-corrected chi connectivity index (χ1v) is 10.5. The first-order chi connectivity index (χ1) is 15.0. The summed E-state index contributed by atoms with van der Waals surface area (Å²) >= 11 is 0. The summed E-state index contributed by atoms with van der Waals surface area (Å²) in [6, 6.07) is 11.2. The molecule has 4 rings (SSSR count). The molecule has 3 aromatic rings. The molecule has 1 aromatic carbocycles. The summed E-state index contributed by atoms with van der Waals surface area (Å²) in [7, 11) is 1.37. The lowest BCUT2D eigenvalue weighted by molar-refractivity contribution is 0.0600. The maximum Gasteiger partial charge on any atom is 0.337 e. The number of rotatable bonds is 6. The Morgan fingerprint density at radius 1 is 1.00 bits per heavy atom. The number of aromatic nitrogens is 2. The van der Waals surface area contributed by atoms with Crippen molar-refractivity contribution in [1.29, 1.82) is 0 Å². The molecular formula is C24H28N4O3. The highest BCUT2D eigenvalue weighted by molar-refractivity contribution is 5.89. The highest BCUT2D eigenvalue weighted by Gasteiger charge is 2.21. The van der Waals surface area contributed by atoms with Crippen molar-refractivity contribution in [3.05, 3.63) is 70.9 Å². The lowest BCUT2D eigenvalue weighted by Crippen LogP contribution is -2.45. The molecule has 0 bridgehead atoms. The Balaban J connectivity index is 1.35. The molecule has 0 radical (unpaired) electrons. The number of pyridine rings is 1. The number of carbonyl (C=O) groups excluding carboxylic acids is 1. The van der Waals surface area contributed by atoms with Gasteiger partial charge in [-0.25, -0.2) is 9.78 Å². The lowest BCUT2D eigenvalue weighted by Gasteiger charge is -2.34. The topological polar surface area (TPSA) is 71.7 Å². The van der Waals surface area contributed by atoms with Crippen molar-refractivity contribution < 1.29 is 13.9 Å². The van der Waals surface area contributed by atoms with Gasteiger partial charge in [-0.1, -0.05) is 6.07 Å². The van der Waals surface area contributed by atoms with Gasteiger partial charge in [0.05, 0.1) is 24.1 Å². The molecule has 31 heavy (non-hydrogen) atoms. The summed E-state index contributed by atoms with van der Waals surface area (Å²) in [6.45, 7) is 9.73. The van der Waals surface area contributed by atoms with Crippen LogP contribution in [0.3, 0.4) is 0 Å². The second kappa shape index (κ2) is 9.41. The highest BCUT2D eigenvalue weighted by Crippen LogP contribution is 2.23. The van der Waals surface area contributed by atoms with E-state index in [0.29, 0.717) is 11.5 Å². The number of hydrogen-bond acceptors (Lipinski definition) is 7. The lowest BCUT2D eigenvalue weighted by atomic mass is 10.1. The van der Waals surface area contributed by atoms with Gasteiger partial charge in [-0.3, -0.25) is 14.8 Å². The number of methoxy groups -OCH3 is 1. The van der Waals surface area contributed by atoms with Crippen molar-refractivity contribution in [2.75, 3.05) is 33.3 Å². The van der Waals surface area contributed by atoms with Gasteiger partial charge >= 0.3 is 5.97 Å². The summed E-state index contributed by atoms with van der Waals surface area (Å²) in [5.74, 6) is 1.06. The maximum atomic E-state index is 11.6. The molecule has 7 nitrogen and oxygen atoms in total. The summed E-state index contributed by atoms with van der Waals surface area (Å²) in [5.41, 5.74) is 4.72. The predicted molar refractivity (Wildman–Crippen MR) is 118 cm³/mol. The van der Waals surface area contributed by atoms with Crippen LogP contribution in [0.4, 0.5) is 0 Å². The zero-order valence-electron chi connectivity index (χ0n) is 18.3. The largest absolute Gasteiger partial charge is 0.465 e. The Morgan fingerprint density at radius 3 is 2.26 bits per heavy atom. The summed E-state index contributed by atoms with van der Waals surface area (Å²) in [4.78, 5) is 25.7. The average Bonchev–Trinajstić information content (AvgIpc) is 3.16. The first kappa shape index (κ1) is 21.2. The number of benzene rings is 1. The molecule has 0 saturated carbocycles. The van der Waals surface area contributed by atoms with Crippen LogP contribution in [0.1, 0.15) is 33.1 Å². The van der Waals surface area contributed by atoms with Crippen LogP contribution in [0.25, 0.3) is 11.5 Å². The van der Waals surface area contributed by atoms with E-state index in [9.17, 15) is 4.79 Å². The molecule has 1 aliphatic rings. The van der Waals surface area contributed by atoms with Gasteiger partial charge in [0.15, 0.2) is 0 Å². The molecule has 162 valence electrons. The van der Waals surface area contributed by atoms with Crippen LogP contribution in [0.15, 0.2) is 47.0 Å². The van der Waals surface area contributed by atoms with Gasteiger partial charge in [0.25, 0.3) is 0 Å². The van der Waals surface area contributed by atoms with E-state index in [4.69, 9.17) is 14.1 Å². The maximum absolute atomic E-state index is 11.6. The number of piperazine rings is 1. The van der Waals surface area contributed by atoms with Crippen LogP contribution in [0.2, 0.25) is 0 Å². The number of carbonyl (C=O) groups is 1. The summed E-state index contributed by atoms with van der Waals surface area (Å²) in [6.07, 6.45) is 1.87. The highest BCUT2D eigenvalue weighted by atomic mass is 16.5. The molecule has 3 heterocycles. The van der Waals surface area contributed by atoms with Crippen LogP contribution < -0.4 is 0 Å². The number of aryl methyl sites for hydroxylation is 2. The predicted octanol–water partition coefficient (Wildman–Crippen LogP) is 3.46. The SMILES string of the molecule is COC(=O)c1ccc(-c2nc(CN3CCN(Cc4ncccc4C)CC3)c(C)o2)cc1. The van der Waals surface area contributed by atoms with Gasteiger partial charge in [-0.15, -0.1) is 0 Å². The molecule has 0 amide bonds. The second-order valence-corrected chi connectivity index (χ2v) is 7.91. The van der Waals surface area contributed by atoms with Crippen LogP contribution in [0.5, 0.6) is 0 Å². The van der Waals surface area contributed by atoms with E-state index in [-0.39, 0.29) is 5.97 Å². The van der Waals surface area contributed by atoms with E-state index in [0.717, 1.165) is 62.0 Å². The molecule has 0 unspecified atom stereocenters. The number of oxazole rings is 1. The van der Waals surface area contributed by atoms with Crippen molar-refractivity contribution in [2.24, 2.45) is 0 Å². The Bertz CT molecular complexity index is 1040. The monoisotopic (exact) mass is 420 g/mol. The second-order valence-electron chi connectivity index (χ2n) is 7.91. The third-order valence-electron chi connectivity index (χ3n) is 5.78. The molecule has 1 aliphatic heterocycles. The Morgan fingerprint density at radius 2 is 1.65 bits per heavy atom. The van der Waals surface area contributed by atoms with Gasteiger partial charge in [-0.05, 0) is 49.7 Å². The molecule has 1 saturated heterocycles. The zero-order chi connectivity index (χ0) is 21.8. The molecule has 7 heteroatoms. The standard InChI is InChI=1S/C24H28N4O3/c1-17-5-4-10-25-21(17)15-27-11-13-28(14-12-27)16-22-18(2)31-23(26-22)19-6-8-20(9-7-19)24(29)30-3/h4-10H,11-16H2,1-3H3. The van der Waals surface area contributed by atoms with Crippen LogP contribution in [0, 0.1) is 13.8 Å². The summed E-state index contributed by atoms with van der Waals surface area (Å²) in [5, 5.41) is 0. The number of esters is 1. The average molecular weight is 421 g/mol. The minimum Gasteiger partial charge on any atom is -0.465 e. The molecular weight excluding hydrogens is 392 g/mol. The van der Waals surface area contributed by atoms with E-state index in [2.05, 4.69) is 27.8 Å². The van der Waals surface area contributed by atoms with Gasteiger partial charge < -0.3 is 9.15 Å². The molecule has 0 N–H and O–H groups in total. The van der Waals surface area contributed by atoms with Gasteiger partial charge in [0.2, 0.25) is 5.89 Å². The minimum atomic E-state index is -0.354. The van der Waals surface area contributed by atoms with Gasteiger partial charge in [-0.2, -0.15) is 0 Å². The normalized spacial score (nSPS) is 15.2. The van der Waals surface area contributed by atoms with Crippen molar-refractivity contribution in [3.63, 3.8) is 0 Å². The number of nitrogens with zero attached hydrogens (tertiary/aromatic N) is 4. The fraction of sp³-hybridized carbons (Fsp3) is 0.375. The zero-order valence-corrected chi connectivity index (χ0v) is 18.3. The van der Waals surface area contributed by atoms with Crippen molar-refractivity contribution in [3.8, 4) is 11.5 Å². The number of hydrogen-bond donors (Lipinski definition) is 0. The van der Waals surface area contributed by atoms with E-state index in [1.165, 1.54) is 12.7 Å². The van der Waals surface area contributed by atoms with Crippen LogP contribution in [-0.4, -0.2) is 59.0 Å². The van der Waals surface area contributed by atoms with Crippen molar-refractivity contribution in [2.45, 2.75) is 26.9 Å². The van der Waals surface area contributed by atoms with Crippen LogP contribution >= 0.6 is 0 Å². The molecule has 0 spiro atoms. The Labute approximate surface area is 182 Å². The smallest absolute Gasteiger partial charge is 0.337 e.